The second kappa shape index (κ2) is 6.28. The Labute approximate surface area is 123 Å². The molecule has 1 N–H and O–H groups in total. The molecule has 0 aliphatic rings. The fourth-order valence-corrected chi connectivity index (χ4v) is 2.58. The predicted molar refractivity (Wildman–Crippen MR) is 81.2 cm³/mol. The summed E-state index contributed by atoms with van der Waals surface area (Å²) in [6.07, 6.45) is 2.58. The second-order valence-electron chi connectivity index (χ2n) is 5.49. The molecule has 0 amide bonds. The van der Waals surface area contributed by atoms with Gasteiger partial charge in [-0.25, -0.2) is 4.98 Å². The number of nitrogens with one attached hydrogen (secondary N) is 1. The van der Waals surface area contributed by atoms with E-state index in [0.29, 0.717) is 5.88 Å². The van der Waals surface area contributed by atoms with Gasteiger partial charge in [-0.2, -0.15) is 0 Å². The summed E-state index contributed by atoms with van der Waals surface area (Å²) in [4.78, 5) is 4.18. The van der Waals surface area contributed by atoms with E-state index in [4.69, 9.17) is 4.74 Å². The molecule has 0 bridgehead atoms. The highest BCUT2D eigenvalue weighted by atomic mass is 32.1. The Morgan fingerprint density at radius 2 is 2.10 bits per heavy atom. The first-order chi connectivity index (χ1) is 9.49. The zero-order valence-corrected chi connectivity index (χ0v) is 13.1. The van der Waals surface area contributed by atoms with Gasteiger partial charge in [0.25, 0.3) is 0 Å². The Balaban J connectivity index is 2.05. The molecule has 0 aliphatic carbocycles. The van der Waals surface area contributed by atoms with Crippen LogP contribution in [0, 0.1) is 0 Å². The van der Waals surface area contributed by atoms with Crippen LogP contribution in [0.25, 0.3) is 10.6 Å². The average molecular weight is 292 g/mol. The third-order valence-corrected chi connectivity index (χ3v) is 3.67. The molecule has 0 aliphatic heterocycles. The minimum atomic E-state index is 0.125. The standard InChI is InChI=1S/C14H20N4OS/c1-14(2,3)16-9-7-11-17-18-13(20-11)10-6-5-8-15-12(10)19-4/h5-6,8,16H,7,9H2,1-4H3. The highest BCUT2D eigenvalue weighted by Crippen LogP contribution is 2.29. The van der Waals surface area contributed by atoms with E-state index in [2.05, 4.69) is 41.3 Å². The lowest BCUT2D eigenvalue weighted by Crippen LogP contribution is -2.37. The van der Waals surface area contributed by atoms with Crippen LogP contribution in [0.5, 0.6) is 5.88 Å². The largest absolute Gasteiger partial charge is 0.480 e. The van der Waals surface area contributed by atoms with Crippen molar-refractivity contribution < 1.29 is 4.74 Å². The minimum Gasteiger partial charge on any atom is -0.480 e. The molecule has 0 atom stereocenters. The van der Waals surface area contributed by atoms with E-state index >= 15 is 0 Å². The summed E-state index contributed by atoms with van der Waals surface area (Å²) in [5.41, 5.74) is 1.02. The molecule has 0 fully saturated rings. The summed E-state index contributed by atoms with van der Waals surface area (Å²) in [5, 5.41) is 13.8. The molecule has 2 heterocycles. The summed E-state index contributed by atoms with van der Waals surface area (Å²) < 4.78 is 5.25. The van der Waals surface area contributed by atoms with Crippen LogP contribution in [0.15, 0.2) is 18.3 Å². The maximum absolute atomic E-state index is 5.25. The zero-order chi connectivity index (χ0) is 14.6. The van der Waals surface area contributed by atoms with E-state index < -0.39 is 0 Å². The van der Waals surface area contributed by atoms with E-state index in [0.717, 1.165) is 28.5 Å². The van der Waals surface area contributed by atoms with Gasteiger partial charge < -0.3 is 10.1 Å². The first-order valence-electron chi connectivity index (χ1n) is 6.56. The van der Waals surface area contributed by atoms with Gasteiger partial charge in [0.2, 0.25) is 5.88 Å². The van der Waals surface area contributed by atoms with Crippen molar-refractivity contribution in [1.29, 1.82) is 0 Å². The number of hydrogen-bond acceptors (Lipinski definition) is 6. The molecule has 0 aromatic carbocycles. The highest BCUT2D eigenvalue weighted by molar-refractivity contribution is 7.14. The molecule has 2 aromatic heterocycles. The SMILES string of the molecule is COc1ncccc1-c1nnc(CCNC(C)(C)C)s1. The van der Waals surface area contributed by atoms with Crippen LogP contribution in [-0.2, 0) is 6.42 Å². The van der Waals surface area contributed by atoms with Gasteiger partial charge in [0.05, 0.1) is 12.7 Å². The topological polar surface area (TPSA) is 59.9 Å². The molecule has 6 heteroatoms. The van der Waals surface area contributed by atoms with Gasteiger partial charge in [0.15, 0.2) is 5.01 Å². The first-order valence-corrected chi connectivity index (χ1v) is 7.38. The summed E-state index contributed by atoms with van der Waals surface area (Å²) in [7, 11) is 1.61. The lowest BCUT2D eigenvalue weighted by atomic mass is 10.1. The van der Waals surface area contributed by atoms with Gasteiger partial charge in [0.1, 0.15) is 5.01 Å². The Hall–Kier alpha value is -1.53. The molecule has 20 heavy (non-hydrogen) atoms. The quantitative estimate of drug-likeness (QED) is 0.917. The molecule has 0 radical (unpaired) electrons. The number of aromatic nitrogens is 3. The average Bonchev–Trinajstić information content (AvgIpc) is 2.86. The Bertz CT molecular complexity index is 562. The lowest BCUT2D eigenvalue weighted by molar-refractivity contribution is 0.399. The van der Waals surface area contributed by atoms with Crippen LogP contribution in [0.1, 0.15) is 25.8 Å². The molecule has 5 nitrogen and oxygen atoms in total. The van der Waals surface area contributed by atoms with Crippen LogP contribution in [-0.4, -0.2) is 34.4 Å². The summed E-state index contributed by atoms with van der Waals surface area (Å²) in [5.74, 6) is 0.586. The van der Waals surface area contributed by atoms with Gasteiger partial charge >= 0.3 is 0 Å². The van der Waals surface area contributed by atoms with Gasteiger partial charge in [-0.15, -0.1) is 10.2 Å². The van der Waals surface area contributed by atoms with Crippen molar-refractivity contribution in [2.75, 3.05) is 13.7 Å². The van der Waals surface area contributed by atoms with Crippen LogP contribution < -0.4 is 10.1 Å². The molecule has 2 rings (SSSR count). The minimum absolute atomic E-state index is 0.125. The molecular weight excluding hydrogens is 272 g/mol. The Kier molecular flexibility index (Phi) is 4.67. The number of nitrogens with zero attached hydrogens (tertiary/aromatic N) is 3. The van der Waals surface area contributed by atoms with Crippen molar-refractivity contribution in [3.05, 3.63) is 23.3 Å². The Morgan fingerprint density at radius 1 is 1.30 bits per heavy atom. The number of ether oxygens (including phenoxy) is 1. The van der Waals surface area contributed by atoms with Crippen molar-refractivity contribution in [3.8, 4) is 16.5 Å². The molecule has 0 saturated carbocycles. The summed E-state index contributed by atoms with van der Waals surface area (Å²) >= 11 is 1.58. The summed E-state index contributed by atoms with van der Waals surface area (Å²) in [6.45, 7) is 7.35. The van der Waals surface area contributed by atoms with Gasteiger partial charge in [-0.1, -0.05) is 11.3 Å². The maximum atomic E-state index is 5.25. The fraction of sp³-hybridized carbons (Fsp3) is 0.500. The smallest absolute Gasteiger partial charge is 0.223 e. The lowest BCUT2D eigenvalue weighted by Gasteiger charge is -2.19. The van der Waals surface area contributed by atoms with Crippen LogP contribution in [0.4, 0.5) is 0 Å². The number of pyridine rings is 1. The predicted octanol–water partition coefficient (Wildman–Crippen LogP) is 2.54. The van der Waals surface area contributed by atoms with E-state index in [1.54, 1.807) is 24.6 Å². The van der Waals surface area contributed by atoms with Crippen molar-refractivity contribution in [2.24, 2.45) is 0 Å². The van der Waals surface area contributed by atoms with Gasteiger partial charge in [-0.3, -0.25) is 0 Å². The highest BCUT2D eigenvalue weighted by Gasteiger charge is 2.13. The van der Waals surface area contributed by atoms with E-state index in [1.165, 1.54) is 0 Å². The maximum Gasteiger partial charge on any atom is 0.223 e. The van der Waals surface area contributed by atoms with E-state index in [1.807, 2.05) is 12.1 Å². The second-order valence-corrected chi connectivity index (χ2v) is 6.55. The monoisotopic (exact) mass is 292 g/mol. The molecule has 0 saturated heterocycles. The van der Waals surface area contributed by atoms with Gasteiger partial charge in [0, 0.05) is 24.7 Å². The third kappa shape index (κ3) is 3.98. The molecule has 0 spiro atoms. The molecule has 108 valence electrons. The third-order valence-electron chi connectivity index (χ3n) is 2.66. The van der Waals surface area contributed by atoms with Crippen LogP contribution in [0.2, 0.25) is 0 Å². The van der Waals surface area contributed by atoms with Gasteiger partial charge in [-0.05, 0) is 32.9 Å². The van der Waals surface area contributed by atoms with Crippen molar-refractivity contribution in [2.45, 2.75) is 32.7 Å². The number of methoxy groups -OCH3 is 1. The Morgan fingerprint density at radius 3 is 2.80 bits per heavy atom. The van der Waals surface area contributed by atoms with E-state index in [-0.39, 0.29) is 5.54 Å². The van der Waals surface area contributed by atoms with Crippen molar-refractivity contribution in [3.63, 3.8) is 0 Å². The van der Waals surface area contributed by atoms with Crippen molar-refractivity contribution in [1.82, 2.24) is 20.5 Å². The molecule has 0 unspecified atom stereocenters. The number of rotatable bonds is 5. The molecule has 2 aromatic rings. The normalized spacial score (nSPS) is 11.6. The van der Waals surface area contributed by atoms with Crippen LogP contribution >= 0.6 is 11.3 Å². The zero-order valence-electron chi connectivity index (χ0n) is 12.3. The first kappa shape index (κ1) is 14.9. The van der Waals surface area contributed by atoms with E-state index in [9.17, 15) is 0 Å². The fourth-order valence-electron chi connectivity index (χ4n) is 1.72. The van der Waals surface area contributed by atoms with Crippen molar-refractivity contribution >= 4 is 11.3 Å². The summed E-state index contributed by atoms with van der Waals surface area (Å²) in [6, 6.07) is 3.82. The number of hydrogen-bond donors (Lipinski definition) is 1. The molecular formula is C14H20N4OS. The van der Waals surface area contributed by atoms with Crippen LogP contribution in [0.3, 0.4) is 0 Å².